The SMILES string of the molecule is CCOCCC1(CNC(=O)C2CNCCO2)CCC1. The zero-order valence-corrected chi connectivity index (χ0v) is 11.9. The molecule has 0 aromatic carbocycles. The summed E-state index contributed by atoms with van der Waals surface area (Å²) in [6, 6.07) is 0. The van der Waals surface area contributed by atoms with Crippen LogP contribution in [0.25, 0.3) is 0 Å². The largest absolute Gasteiger partial charge is 0.382 e. The lowest BCUT2D eigenvalue weighted by Crippen LogP contribution is -2.51. The summed E-state index contributed by atoms with van der Waals surface area (Å²) >= 11 is 0. The van der Waals surface area contributed by atoms with Crippen LogP contribution >= 0.6 is 0 Å². The van der Waals surface area contributed by atoms with E-state index in [1.54, 1.807) is 0 Å². The molecule has 1 amide bonds. The average molecular weight is 270 g/mol. The highest BCUT2D eigenvalue weighted by atomic mass is 16.5. The molecule has 0 aromatic heterocycles. The van der Waals surface area contributed by atoms with Gasteiger partial charge in [0.05, 0.1) is 6.61 Å². The molecule has 1 unspecified atom stereocenters. The molecule has 2 aliphatic rings. The fourth-order valence-electron chi connectivity index (χ4n) is 2.75. The van der Waals surface area contributed by atoms with Gasteiger partial charge in [0.25, 0.3) is 0 Å². The van der Waals surface area contributed by atoms with Gasteiger partial charge in [-0.2, -0.15) is 0 Å². The van der Waals surface area contributed by atoms with Crippen molar-refractivity contribution < 1.29 is 14.3 Å². The molecule has 1 aliphatic heterocycles. The van der Waals surface area contributed by atoms with Crippen LogP contribution in [0.4, 0.5) is 0 Å². The van der Waals surface area contributed by atoms with Gasteiger partial charge in [-0.25, -0.2) is 0 Å². The summed E-state index contributed by atoms with van der Waals surface area (Å²) in [5.41, 5.74) is 0.271. The van der Waals surface area contributed by atoms with Crippen LogP contribution in [0.1, 0.15) is 32.6 Å². The molecule has 2 N–H and O–H groups in total. The molecule has 0 radical (unpaired) electrons. The Labute approximate surface area is 115 Å². The monoisotopic (exact) mass is 270 g/mol. The number of hydrogen-bond acceptors (Lipinski definition) is 4. The van der Waals surface area contributed by atoms with Crippen molar-refractivity contribution in [3.8, 4) is 0 Å². The van der Waals surface area contributed by atoms with E-state index in [1.807, 2.05) is 6.92 Å². The molecule has 0 bridgehead atoms. The Morgan fingerprint density at radius 2 is 2.37 bits per heavy atom. The minimum Gasteiger partial charge on any atom is -0.382 e. The number of amides is 1. The minimum atomic E-state index is -0.322. The fraction of sp³-hybridized carbons (Fsp3) is 0.929. The summed E-state index contributed by atoms with van der Waals surface area (Å²) in [6.45, 7) is 6.42. The van der Waals surface area contributed by atoms with E-state index in [0.29, 0.717) is 13.2 Å². The molecule has 0 spiro atoms. The highest BCUT2D eigenvalue weighted by Crippen LogP contribution is 2.43. The maximum atomic E-state index is 12.0. The number of carbonyl (C=O) groups is 1. The van der Waals surface area contributed by atoms with Crippen molar-refractivity contribution in [3.63, 3.8) is 0 Å². The van der Waals surface area contributed by atoms with Crippen molar-refractivity contribution in [2.75, 3.05) is 39.5 Å². The van der Waals surface area contributed by atoms with Crippen LogP contribution in [0.2, 0.25) is 0 Å². The summed E-state index contributed by atoms with van der Waals surface area (Å²) in [6.07, 6.45) is 4.39. The Kier molecular flexibility index (Phi) is 5.60. The molecule has 1 heterocycles. The third-order valence-corrected chi connectivity index (χ3v) is 4.25. The Morgan fingerprint density at radius 3 is 2.95 bits per heavy atom. The van der Waals surface area contributed by atoms with Gasteiger partial charge in [-0.15, -0.1) is 0 Å². The highest BCUT2D eigenvalue weighted by molar-refractivity contribution is 5.81. The van der Waals surface area contributed by atoms with Crippen LogP contribution in [0.3, 0.4) is 0 Å². The van der Waals surface area contributed by atoms with Gasteiger partial charge >= 0.3 is 0 Å². The number of rotatable bonds is 7. The minimum absolute atomic E-state index is 0.0230. The van der Waals surface area contributed by atoms with Crippen LogP contribution in [-0.4, -0.2) is 51.5 Å². The van der Waals surface area contributed by atoms with Crippen LogP contribution in [-0.2, 0) is 14.3 Å². The molecular weight excluding hydrogens is 244 g/mol. The van der Waals surface area contributed by atoms with E-state index >= 15 is 0 Å². The Morgan fingerprint density at radius 1 is 1.53 bits per heavy atom. The van der Waals surface area contributed by atoms with Gasteiger partial charge in [-0.3, -0.25) is 4.79 Å². The van der Waals surface area contributed by atoms with Crippen LogP contribution < -0.4 is 10.6 Å². The molecule has 1 saturated heterocycles. The second kappa shape index (κ2) is 7.22. The van der Waals surface area contributed by atoms with Crippen molar-refractivity contribution in [1.29, 1.82) is 0 Å². The zero-order valence-electron chi connectivity index (χ0n) is 11.9. The van der Waals surface area contributed by atoms with Gasteiger partial charge in [0.2, 0.25) is 5.91 Å². The van der Waals surface area contributed by atoms with Gasteiger partial charge in [0.15, 0.2) is 0 Å². The van der Waals surface area contributed by atoms with Gasteiger partial charge < -0.3 is 20.1 Å². The first-order chi connectivity index (χ1) is 9.26. The molecule has 1 atom stereocenters. The lowest BCUT2D eigenvalue weighted by Gasteiger charge is -2.42. The Bertz CT molecular complexity index is 286. The van der Waals surface area contributed by atoms with Crippen molar-refractivity contribution >= 4 is 5.91 Å². The molecule has 5 heteroatoms. The molecule has 1 saturated carbocycles. The molecule has 19 heavy (non-hydrogen) atoms. The Hall–Kier alpha value is -0.650. The van der Waals surface area contributed by atoms with Crippen molar-refractivity contribution in [2.45, 2.75) is 38.7 Å². The van der Waals surface area contributed by atoms with E-state index in [4.69, 9.17) is 9.47 Å². The van der Waals surface area contributed by atoms with E-state index in [1.165, 1.54) is 19.3 Å². The van der Waals surface area contributed by atoms with Gasteiger partial charge in [-0.05, 0) is 31.6 Å². The van der Waals surface area contributed by atoms with E-state index in [2.05, 4.69) is 10.6 Å². The third-order valence-electron chi connectivity index (χ3n) is 4.25. The lowest BCUT2D eigenvalue weighted by molar-refractivity contribution is -0.135. The quantitative estimate of drug-likeness (QED) is 0.668. The summed E-state index contributed by atoms with van der Waals surface area (Å²) in [7, 11) is 0. The first-order valence-corrected chi connectivity index (χ1v) is 7.43. The zero-order chi connectivity index (χ0) is 13.6. The molecular formula is C14H26N2O3. The highest BCUT2D eigenvalue weighted by Gasteiger charge is 2.37. The second-order valence-electron chi connectivity index (χ2n) is 5.58. The number of morpholine rings is 1. The number of ether oxygens (including phenoxy) is 2. The molecule has 1 aliphatic carbocycles. The van der Waals surface area contributed by atoms with E-state index in [9.17, 15) is 4.79 Å². The maximum absolute atomic E-state index is 12.0. The molecule has 0 aromatic rings. The number of carbonyl (C=O) groups excluding carboxylic acids is 1. The Balaban J connectivity index is 1.71. The first kappa shape index (κ1) is 14.8. The maximum Gasteiger partial charge on any atom is 0.250 e. The number of nitrogens with one attached hydrogen (secondary N) is 2. The predicted molar refractivity (Wildman–Crippen MR) is 73.0 cm³/mol. The smallest absolute Gasteiger partial charge is 0.250 e. The van der Waals surface area contributed by atoms with Crippen molar-refractivity contribution in [3.05, 3.63) is 0 Å². The van der Waals surface area contributed by atoms with Crippen LogP contribution in [0, 0.1) is 5.41 Å². The van der Waals surface area contributed by atoms with Gasteiger partial charge in [0.1, 0.15) is 6.10 Å². The van der Waals surface area contributed by atoms with Crippen molar-refractivity contribution in [1.82, 2.24) is 10.6 Å². The standard InChI is InChI=1S/C14H26N2O3/c1-2-18-8-6-14(4-3-5-14)11-16-13(17)12-10-15-7-9-19-12/h12,15H,2-11H2,1H3,(H,16,17). The summed E-state index contributed by atoms with van der Waals surface area (Å²) in [5.74, 6) is 0.0230. The topological polar surface area (TPSA) is 59.6 Å². The van der Waals surface area contributed by atoms with E-state index in [-0.39, 0.29) is 17.4 Å². The third kappa shape index (κ3) is 4.16. The predicted octanol–water partition coefficient (Wildman–Crippen LogP) is 0.688. The van der Waals surface area contributed by atoms with Gasteiger partial charge in [0, 0.05) is 32.8 Å². The number of hydrogen-bond donors (Lipinski definition) is 2. The molecule has 2 rings (SSSR count). The molecule has 2 fully saturated rings. The first-order valence-electron chi connectivity index (χ1n) is 7.43. The summed E-state index contributed by atoms with van der Waals surface area (Å²) in [4.78, 5) is 12.0. The average Bonchev–Trinajstić information content (AvgIpc) is 2.41. The normalized spacial score (nSPS) is 25.6. The van der Waals surface area contributed by atoms with Crippen molar-refractivity contribution in [2.24, 2.45) is 5.41 Å². The van der Waals surface area contributed by atoms with E-state index < -0.39 is 0 Å². The second-order valence-corrected chi connectivity index (χ2v) is 5.58. The molecule has 110 valence electrons. The van der Waals surface area contributed by atoms with Crippen LogP contribution in [0.5, 0.6) is 0 Å². The molecule has 5 nitrogen and oxygen atoms in total. The van der Waals surface area contributed by atoms with E-state index in [0.717, 1.165) is 32.7 Å². The lowest BCUT2D eigenvalue weighted by atomic mass is 9.66. The summed E-state index contributed by atoms with van der Waals surface area (Å²) in [5, 5.41) is 6.24. The fourth-order valence-corrected chi connectivity index (χ4v) is 2.75. The van der Waals surface area contributed by atoms with Gasteiger partial charge in [-0.1, -0.05) is 6.42 Å². The van der Waals surface area contributed by atoms with Crippen LogP contribution in [0.15, 0.2) is 0 Å². The summed E-state index contributed by atoms with van der Waals surface area (Å²) < 4.78 is 10.9.